The molecule has 0 radical (unpaired) electrons. The van der Waals surface area contributed by atoms with E-state index in [0.717, 1.165) is 43.7 Å². The summed E-state index contributed by atoms with van der Waals surface area (Å²) in [6.07, 6.45) is 5.83. The lowest BCUT2D eigenvalue weighted by Gasteiger charge is -2.26. The molecule has 0 amide bonds. The Bertz CT molecular complexity index is 541. The van der Waals surface area contributed by atoms with E-state index in [1.807, 2.05) is 6.07 Å². The molecule has 1 aromatic carbocycles. The van der Waals surface area contributed by atoms with Crippen molar-refractivity contribution < 1.29 is 4.92 Å². The average molecular weight is 304 g/mol. The van der Waals surface area contributed by atoms with Crippen molar-refractivity contribution in [2.75, 3.05) is 43.4 Å². The first kappa shape index (κ1) is 15.1. The first-order valence-corrected chi connectivity index (χ1v) is 8.26. The summed E-state index contributed by atoms with van der Waals surface area (Å²) in [7, 11) is 0. The highest BCUT2D eigenvalue weighted by Crippen LogP contribution is 2.36. The van der Waals surface area contributed by atoms with E-state index in [0.29, 0.717) is 5.69 Å². The van der Waals surface area contributed by atoms with E-state index in [4.69, 9.17) is 0 Å². The van der Waals surface area contributed by atoms with Crippen LogP contribution in [0.4, 0.5) is 17.1 Å². The summed E-state index contributed by atoms with van der Waals surface area (Å²) in [5.41, 5.74) is 3.00. The SMILES string of the molecule is O=[N+]([O-])c1ccc2c(c1NCCCN1CCCCC1)CCN2. The molecule has 2 aliphatic rings. The number of rotatable bonds is 6. The van der Waals surface area contributed by atoms with Gasteiger partial charge in [-0.25, -0.2) is 0 Å². The normalized spacial score (nSPS) is 17.8. The van der Waals surface area contributed by atoms with Crippen LogP contribution >= 0.6 is 0 Å². The van der Waals surface area contributed by atoms with Gasteiger partial charge in [0.05, 0.1) is 4.92 Å². The van der Waals surface area contributed by atoms with Crippen molar-refractivity contribution in [3.63, 3.8) is 0 Å². The maximum Gasteiger partial charge on any atom is 0.292 e. The van der Waals surface area contributed by atoms with E-state index in [1.54, 1.807) is 6.07 Å². The Kier molecular flexibility index (Phi) is 4.77. The van der Waals surface area contributed by atoms with Gasteiger partial charge in [-0.15, -0.1) is 0 Å². The molecule has 22 heavy (non-hydrogen) atoms. The number of nitro groups is 1. The highest BCUT2D eigenvalue weighted by atomic mass is 16.6. The lowest BCUT2D eigenvalue weighted by atomic mass is 10.1. The third kappa shape index (κ3) is 3.32. The first-order valence-electron chi connectivity index (χ1n) is 8.26. The molecule has 3 rings (SSSR count). The predicted octanol–water partition coefficient (Wildman–Crippen LogP) is 2.85. The van der Waals surface area contributed by atoms with Gasteiger partial charge in [0.25, 0.3) is 5.69 Å². The molecular weight excluding hydrogens is 280 g/mol. The molecule has 0 aromatic heterocycles. The molecule has 0 aliphatic carbocycles. The van der Waals surface area contributed by atoms with Crippen molar-refractivity contribution in [3.05, 3.63) is 27.8 Å². The van der Waals surface area contributed by atoms with Crippen LogP contribution in [0, 0.1) is 10.1 Å². The van der Waals surface area contributed by atoms with Crippen LogP contribution in [-0.2, 0) is 6.42 Å². The van der Waals surface area contributed by atoms with Gasteiger partial charge in [0.1, 0.15) is 5.69 Å². The van der Waals surface area contributed by atoms with Gasteiger partial charge in [0.2, 0.25) is 0 Å². The molecular formula is C16H24N4O2. The Balaban J connectivity index is 1.59. The van der Waals surface area contributed by atoms with Crippen molar-refractivity contribution >= 4 is 17.1 Å². The second-order valence-corrected chi connectivity index (χ2v) is 6.10. The number of likely N-dealkylation sites (tertiary alicyclic amines) is 1. The summed E-state index contributed by atoms with van der Waals surface area (Å²) < 4.78 is 0. The van der Waals surface area contributed by atoms with Crippen molar-refractivity contribution in [3.8, 4) is 0 Å². The fraction of sp³-hybridized carbons (Fsp3) is 0.625. The fourth-order valence-corrected chi connectivity index (χ4v) is 3.43. The van der Waals surface area contributed by atoms with Crippen LogP contribution in [0.1, 0.15) is 31.2 Å². The van der Waals surface area contributed by atoms with Crippen LogP contribution < -0.4 is 10.6 Å². The van der Waals surface area contributed by atoms with Crippen LogP contribution in [0.5, 0.6) is 0 Å². The quantitative estimate of drug-likeness (QED) is 0.480. The van der Waals surface area contributed by atoms with Gasteiger partial charge in [-0.05, 0) is 51.4 Å². The van der Waals surface area contributed by atoms with E-state index in [1.165, 1.54) is 32.4 Å². The van der Waals surface area contributed by atoms with E-state index in [-0.39, 0.29) is 10.6 Å². The molecule has 1 saturated heterocycles. The number of nitro benzene ring substituents is 1. The second-order valence-electron chi connectivity index (χ2n) is 6.10. The predicted molar refractivity (Wildman–Crippen MR) is 88.7 cm³/mol. The van der Waals surface area contributed by atoms with Gasteiger partial charge in [-0.2, -0.15) is 0 Å². The van der Waals surface area contributed by atoms with E-state index in [2.05, 4.69) is 15.5 Å². The summed E-state index contributed by atoms with van der Waals surface area (Å²) in [6.45, 7) is 5.12. The zero-order chi connectivity index (χ0) is 15.4. The molecule has 2 aliphatic heterocycles. The summed E-state index contributed by atoms with van der Waals surface area (Å²) in [5.74, 6) is 0. The highest BCUT2D eigenvalue weighted by Gasteiger charge is 2.23. The number of hydrogen-bond donors (Lipinski definition) is 2. The van der Waals surface area contributed by atoms with Crippen LogP contribution in [0.3, 0.4) is 0 Å². The number of anilines is 2. The van der Waals surface area contributed by atoms with E-state index in [9.17, 15) is 10.1 Å². The van der Waals surface area contributed by atoms with Gasteiger partial charge in [0, 0.05) is 30.4 Å². The summed E-state index contributed by atoms with van der Waals surface area (Å²) in [6, 6.07) is 3.42. The molecule has 2 heterocycles. The zero-order valence-electron chi connectivity index (χ0n) is 12.9. The van der Waals surface area contributed by atoms with Gasteiger partial charge >= 0.3 is 0 Å². The van der Waals surface area contributed by atoms with Gasteiger partial charge in [-0.1, -0.05) is 6.42 Å². The van der Waals surface area contributed by atoms with Crippen LogP contribution in [0.25, 0.3) is 0 Å². The Labute approximate surface area is 131 Å². The van der Waals surface area contributed by atoms with Gasteiger partial charge < -0.3 is 15.5 Å². The molecule has 2 N–H and O–H groups in total. The first-order chi connectivity index (χ1) is 10.8. The molecule has 1 aromatic rings. The van der Waals surface area contributed by atoms with Gasteiger partial charge in [-0.3, -0.25) is 10.1 Å². The number of fused-ring (bicyclic) bond motifs is 1. The highest BCUT2D eigenvalue weighted by molar-refractivity contribution is 5.77. The zero-order valence-corrected chi connectivity index (χ0v) is 12.9. The molecule has 1 fully saturated rings. The minimum atomic E-state index is -0.286. The smallest absolute Gasteiger partial charge is 0.292 e. The molecule has 0 bridgehead atoms. The summed E-state index contributed by atoms with van der Waals surface area (Å²) in [5, 5.41) is 17.8. The van der Waals surface area contributed by atoms with Crippen LogP contribution in [0.15, 0.2) is 12.1 Å². The Morgan fingerprint density at radius 2 is 2.09 bits per heavy atom. The van der Waals surface area contributed by atoms with E-state index < -0.39 is 0 Å². The topological polar surface area (TPSA) is 70.4 Å². The van der Waals surface area contributed by atoms with Gasteiger partial charge in [0.15, 0.2) is 0 Å². The number of benzene rings is 1. The number of piperidine rings is 1. The maximum absolute atomic E-state index is 11.2. The maximum atomic E-state index is 11.2. The van der Waals surface area contributed by atoms with Crippen LogP contribution in [-0.4, -0.2) is 42.5 Å². The largest absolute Gasteiger partial charge is 0.384 e. The molecule has 6 nitrogen and oxygen atoms in total. The second kappa shape index (κ2) is 6.96. The Morgan fingerprint density at radius 3 is 2.86 bits per heavy atom. The molecule has 120 valence electrons. The van der Waals surface area contributed by atoms with Crippen molar-refractivity contribution in [1.82, 2.24) is 4.90 Å². The van der Waals surface area contributed by atoms with Crippen molar-refractivity contribution in [2.45, 2.75) is 32.1 Å². The summed E-state index contributed by atoms with van der Waals surface area (Å²) >= 11 is 0. The number of nitrogens with zero attached hydrogens (tertiary/aromatic N) is 2. The lowest BCUT2D eigenvalue weighted by Crippen LogP contribution is -2.31. The molecule has 6 heteroatoms. The van der Waals surface area contributed by atoms with Crippen LogP contribution in [0.2, 0.25) is 0 Å². The molecule has 0 unspecified atom stereocenters. The summed E-state index contributed by atoms with van der Waals surface area (Å²) in [4.78, 5) is 13.4. The van der Waals surface area contributed by atoms with Crippen molar-refractivity contribution in [2.24, 2.45) is 0 Å². The minimum absolute atomic E-state index is 0.195. The Morgan fingerprint density at radius 1 is 1.27 bits per heavy atom. The van der Waals surface area contributed by atoms with E-state index >= 15 is 0 Å². The third-order valence-electron chi connectivity index (χ3n) is 4.58. The Hall–Kier alpha value is -1.82. The fourth-order valence-electron chi connectivity index (χ4n) is 3.43. The lowest BCUT2D eigenvalue weighted by molar-refractivity contribution is -0.384. The third-order valence-corrected chi connectivity index (χ3v) is 4.58. The number of hydrogen-bond acceptors (Lipinski definition) is 5. The standard InChI is InChI=1S/C16H24N4O2/c21-20(22)15-6-5-14-13(7-9-17-14)16(15)18-8-4-12-19-10-2-1-3-11-19/h5-6,17-18H,1-4,7-12H2. The molecule has 0 atom stereocenters. The van der Waals surface area contributed by atoms with Crippen molar-refractivity contribution in [1.29, 1.82) is 0 Å². The molecule has 0 saturated carbocycles. The average Bonchev–Trinajstić information content (AvgIpc) is 3.01. The number of nitrogens with one attached hydrogen (secondary N) is 2. The monoisotopic (exact) mass is 304 g/mol. The molecule has 0 spiro atoms. The minimum Gasteiger partial charge on any atom is -0.384 e.